The molecule has 0 bridgehead atoms. The van der Waals surface area contributed by atoms with Crippen molar-refractivity contribution in [2.45, 2.75) is 38.0 Å². The van der Waals surface area contributed by atoms with Crippen LogP contribution < -0.4 is 0 Å². The lowest BCUT2D eigenvalue weighted by atomic mass is 9.80. The maximum Gasteiger partial charge on any atom is 0.0367 e. The van der Waals surface area contributed by atoms with Crippen molar-refractivity contribution in [3.8, 4) is 0 Å². The van der Waals surface area contributed by atoms with Gasteiger partial charge in [-0.25, -0.2) is 0 Å². The van der Waals surface area contributed by atoms with E-state index in [9.17, 15) is 0 Å². The summed E-state index contributed by atoms with van der Waals surface area (Å²) < 4.78 is 0. The molecule has 2 rings (SSSR count). The van der Waals surface area contributed by atoms with Gasteiger partial charge in [0.1, 0.15) is 0 Å². The zero-order valence-corrected chi connectivity index (χ0v) is 10.2. The van der Waals surface area contributed by atoms with Gasteiger partial charge in [0.15, 0.2) is 0 Å². The maximum atomic E-state index is 6.37. The molecule has 3 atom stereocenters. The predicted molar refractivity (Wildman–Crippen MR) is 64.2 cm³/mol. The number of hydrogen-bond acceptors (Lipinski definition) is 1. The Morgan fingerprint density at radius 2 is 2.36 bits per heavy atom. The maximum absolute atomic E-state index is 6.37. The molecule has 0 N–H and O–H groups in total. The first-order valence-corrected chi connectivity index (χ1v) is 6.73. The van der Waals surface area contributed by atoms with Crippen molar-refractivity contribution in [3.63, 3.8) is 0 Å². The van der Waals surface area contributed by atoms with Crippen molar-refractivity contribution >= 4 is 22.9 Å². The number of hydrogen-bond donors (Lipinski definition) is 0. The van der Waals surface area contributed by atoms with Crippen LogP contribution in [0, 0.1) is 11.8 Å². The van der Waals surface area contributed by atoms with E-state index in [2.05, 4.69) is 24.4 Å². The van der Waals surface area contributed by atoms with Crippen LogP contribution in [0.2, 0.25) is 0 Å². The SMILES string of the molecule is CC1CCC(Cl)C(Cc2cccs2)C1. The summed E-state index contributed by atoms with van der Waals surface area (Å²) in [5.74, 6) is 1.58. The lowest BCUT2D eigenvalue weighted by Crippen LogP contribution is -2.25. The second-order valence-electron chi connectivity index (χ2n) is 4.48. The minimum Gasteiger partial charge on any atom is -0.149 e. The van der Waals surface area contributed by atoms with E-state index in [4.69, 9.17) is 11.6 Å². The molecule has 1 aromatic heterocycles. The normalized spacial score (nSPS) is 33.1. The standard InChI is InChI=1S/C12H17ClS/c1-9-4-5-12(13)10(7-9)8-11-3-2-6-14-11/h2-3,6,9-10,12H,4-5,7-8H2,1H3. The van der Waals surface area contributed by atoms with Crippen LogP contribution in [0.15, 0.2) is 17.5 Å². The fourth-order valence-corrected chi connectivity index (χ4v) is 3.48. The topological polar surface area (TPSA) is 0 Å². The molecule has 14 heavy (non-hydrogen) atoms. The molecule has 2 heteroatoms. The average molecular weight is 229 g/mol. The predicted octanol–water partition coefficient (Wildman–Crippen LogP) is 4.33. The molecule has 1 heterocycles. The molecule has 1 fully saturated rings. The van der Waals surface area contributed by atoms with E-state index < -0.39 is 0 Å². The molecule has 1 saturated carbocycles. The first-order valence-electron chi connectivity index (χ1n) is 5.42. The van der Waals surface area contributed by atoms with Crippen LogP contribution in [0.25, 0.3) is 0 Å². The average Bonchev–Trinajstić information content (AvgIpc) is 2.64. The van der Waals surface area contributed by atoms with Gasteiger partial charge in [-0.05, 0) is 49.0 Å². The van der Waals surface area contributed by atoms with E-state index in [1.165, 1.54) is 30.6 Å². The Morgan fingerprint density at radius 3 is 3.07 bits per heavy atom. The Balaban J connectivity index is 1.95. The van der Waals surface area contributed by atoms with Crippen LogP contribution in [-0.2, 0) is 6.42 Å². The second kappa shape index (κ2) is 4.67. The van der Waals surface area contributed by atoms with Gasteiger partial charge in [0.25, 0.3) is 0 Å². The summed E-state index contributed by atoms with van der Waals surface area (Å²) in [5.41, 5.74) is 0. The Morgan fingerprint density at radius 1 is 1.50 bits per heavy atom. The monoisotopic (exact) mass is 228 g/mol. The molecule has 0 nitrogen and oxygen atoms in total. The molecule has 0 amide bonds. The highest BCUT2D eigenvalue weighted by atomic mass is 35.5. The van der Waals surface area contributed by atoms with Gasteiger partial charge >= 0.3 is 0 Å². The van der Waals surface area contributed by atoms with E-state index in [0.29, 0.717) is 11.3 Å². The Hall–Kier alpha value is -0.0100. The van der Waals surface area contributed by atoms with Gasteiger partial charge in [-0.1, -0.05) is 13.0 Å². The van der Waals surface area contributed by atoms with Gasteiger partial charge in [-0.2, -0.15) is 0 Å². The zero-order chi connectivity index (χ0) is 9.97. The van der Waals surface area contributed by atoms with E-state index in [1.807, 2.05) is 11.3 Å². The molecule has 78 valence electrons. The quantitative estimate of drug-likeness (QED) is 0.661. The van der Waals surface area contributed by atoms with Crippen LogP contribution in [0.3, 0.4) is 0 Å². The number of rotatable bonds is 2. The summed E-state index contributed by atoms with van der Waals surface area (Å²) in [4.78, 5) is 1.50. The van der Waals surface area contributed by atoms with Crippen LogP contribution in [0.5, 0.6) is 0 Å². The highest BCUT2D eigenvalue weighted by Crippen LogP contribution is 2.35. The Kier molecular flexibility index (Phi) is 3.51. The number of halogens is 1. The lowest BCUT2D eigenvalue weighted by molar-refractivity contribution is 0.288. The van der Waals surface area contributed by atoms with Crippen LogP contribution >= 0.6 is 22.9 Å². The molecule has 0 saturated heterocycles. The van der Waals surface area contributed by atoms with Crippen LogP contribution in [-0.4, -0.2) is 5.38 Å². The fourth-order valence-electron chi connectivity index (χ4n) is 2.36. The summed E-state index contributed by atoms with van der Waals surface area (Å²) in [6.45, 7) is 2.35. The molecule has 0 radical (unpaired) electrons. The van der Waals surface area contributed by atoms with Gasteiger partial charge in [-0.3, -0.25) is 0 Å². The highest BCUT2D eigenvalue weighted by molar-refractivity contribution is 7.09. The van der Waals surface area contributed by atoms with Crippen LogP contribution in [0.1, 0.15) is 31.1 Å². The van der Waals surface area contributed by atoms with Crippen molar-refractivity contribution < 1.29 is 0 Å². The first kappa shape index (κ1) is 10.5. The summed E-state index contributed by atoms with van der Waals surface area (Å²) in [7, 11) is 0. The van der Waals surface area contributed by atoms with Gasteiger partial charge < -0.3 is 0 Å². The van der Waals surface area contributed by atoms with E-state index in [1.54, 1.807) is 0 Å². The minimum absolute atomic E-state index is 0.410. The minimum atomic E-state index is 0.410. The molecule has 1 aromatic rings. The number of alkyl halides is 1. The molecule has 3 unspecified atom stereocenters. The van der Waals surface area contributed by atoms with Gasteiger partial charge in [0.05, 0.1) is 0 Å². The van der Waals surface area contributed by atoms with Gasteiger partial charge in [0.2, 0.25) is 0 Å². The summed E-state index contributed by atoms with van der Waals surface area (Å²) >= 11 is 8.23. The molecule has 0 spiro atoms. The van der Waals surface area contributed by atoms with E-state index in [0.717, 1.165) is 5.92 Å². The Bertz CT molecular complexity index is 268. The smallest absolute Gasteiger partial charge is 0.0367 e. The molecule has 0 aliphatic heterocycles. The largest absolute Gasteiger partial charge is 0.149 e. The summed E-state index contributed by atoms with van der Waals surface area (Å²) in [6.07, 6.45) is 5.02. The third kappa shape index (κ3) is 2.52. The van der Waals surface area contributed by atoms with Crippen LogP contribution in [0.4, 0.5) is 0 Å². The van der Waals surface area contributed by atoms with Crippen molar-refractivity contribution in [2.24, 2.45) is 11.8 Å². The first-order chi connectivity index (χ1) is 6.75. The van der Waals surface area contributed by atoms with E-state index >= 15 is 0 Å². The Labute approximate surface area is 95.3 Å². The molecular formula is C12H17ClS. The zero-order valence-electron chi connectivity index (χ0n) is 8.58. The summed E-state index contributed by atoms with van der Waals surface area (Å²) in [6, 6.07) is 4.36. The summed E-state index contributed by atoms with van der Waals surface area (Å²) in [5, 5.41) is 2.57. The number of thiophene rings is 1. The van der Waals surface area contributed by atoms with Crippen molar-refractivity contribution in [2.75, 3.05) is 0 Å². The van der Waals surface area contributed by atoms with Gasteiger partial charge in [-0.15, -0.1) is 22.9 Å². The van der Waals surface area contributed by atoms with Gasteiger partial charge in [0, 0.05) is 10.3 Å². The molecule has 1 aliphatic rings. The lowest BCUT2D eigenvalue weighted by Gasteiger charge is -2.30. The molecular weight excluding hydrogens is 212 g/mol. The van der Waals surface area contributed by atoms with Crippen molar-refractivity contribution in [3.05, 3.63) is 22.4 Å². The molecule has 0 aromatic carbocycles. The molecule has 1 aliphatic carbocycles. The second-order valence-corrected chi connectivity index (χ2v) is 6.07. The van der Waals surface area contributed by atoms with E-state index in [-0.39, 0.29) is 0 Å². The fraction of sp³-hybridized carbons (Fsp3) is 0.667. The van der Waals surface area contributed by atoms with Crippen molar-refractivity contribution in [1.29, 1.82) is 0 Å². The third-order valence-electron chi connectivity index (χ3n) is 3.20. The highest BCUT2D eigenvalue weighted by Gasteiger charge is 2.27. The van der Waals surface area contributed by atoms with Crippen molar-refractivity contribution in [1.82, 2.24) is 0 Å². The third-order valence-corrected chi connectivity index (χ3v) is 4.67.